The van der Waals surface area contributed by atoms with Crippen molar-refractivity contribution in [2.24, 2.45) is 0 Å². The lowest BCUT2D eigenvalue weighted by Crippen LogP contribution is -1.99. The van der Waals surface area contributed by atoms with E-state index in [2.05, 4.69) is 9.36 Å². The zero-order chi connectivity index (χ0) is 16.9. The molecule has 0 amide bonds. The molecule has 0 radical (unpaired) electrons. The van der Waals surface area contributed by atoms with Gasteiger partial charge in [0.15, 0.2) is 5.82 Å². The van der Waals surface area contributed by atoms with Crippen LogP contribution in [-0.2, 0) is 17.6 Å². The third kappa shape index (κ3) is 4.36. The second kappa shape index (κ2) is 7.18. The Labute approximate surface area is 141 Å². The number of halogens is 1. The Morgan fingerprint density at radius 1 is 1.08 bits per heavy atom. The molecule has 0 saturated carbocycles. The molecule has 3 rings (SSSR count). The molecule has 0 bridgehead atoms. The quantitative estimate of drug-likeness (QED) is 0.738. The lowest BCUT2D eigenvalue weighted by atomic mass is 10.1. The number of rotatable bonds is 6. The first kappa shape index (κ1) is 16.1. The van der Waals surface area contributed by atoms with Crippen molar-refractivity contribution in [1.29, 1.82) is 0 Å². The summed E-state index contributed by atoms with van der Waals surface area (Å²) in [4.78, 5) is 14.9. The molecule has 5 nitrogen and oxygen atoms in total. The molecule has 0 fully saturated rings. The standard InChI is InChI=1S/C17H13FN2O3S/c18-13-5-1-11(2-6-13)9-15-19-17(24-20-15)23-14-7-3-12(4-8-14)10-16(21)22/h1-8H,9-10H2,(H,21,22). The Balaban J connectivity index is 1.63. The average molecular weight is 344 g/mol. The smallest absolute Gasteiger partial charge is 0.307 e. The van der Waals surface area contributed by atoms with Gasteiger partial charge >= 0.3 is 5.97 Å². The zero-order valence-electron chi connectivity index (χ0n) is 12.5. The van der Waals surface area contributed by atoms with Crippen LogP contribution in [0.25, 0.3) is 0 Å². The topological polar surface area (TPSA) is 72.3 Å². The minimum absolute atomic E-state index is 0.0269. The third-order valence-corrected chi connectivity index (χ3v) is 3.84. The van der Waals surface area contributed by atoms with Gasteiger partial charge in [0.1, 0.15) is 11.6 Å². The van der Waals surface area contributed by atoms with Crippen LogP contribution in [0.5, 0.6) is 10.9 Å². The first-order chi connectivity index (χ1) is 11.6. The van der Waals surface area contributed by atoms with Gasteiger partial charge in [0, 0.05) is 18.0 Å². The molecule has 24 heavy (non-hydrogen) atoms. The van der Waals surface area contributed by atoms with E-state index in [4.69, 9.17) is 9.84 Å². The number of benzene rings is 2. The Kier molecular flexibility index (Phi) is 4.81. The van der Waals surface area contributed by atoms with Crippen LogP contribution < -0.4 is 4.74 Å². The van der Waals surface area contributed by atoms with Crippen molar-refractivity contribution >= 4 is 17.5 Å². The SMILES string of the molecule is O=C(O)Cc1ccc(Oc2nc(Cc3ccc(F)cc3)ns2)cc1. The second-order valence-corrected chi connectivity index (χ2v) is 5.81. The van der Waals surface area contributed by atoms with E-state index in [1.807, 2.05) is 0 Å². The molecule has 0 unspecified atom stereocenters. The van der Waals surface area contributed by atoms with E-state index < -0.39 is 5.97 Å². The van der Waals surface area contributed by atoms with Gasteiger partial charge in [-0.2, -0.15) is 9.36 Å². The predicted octanol–water partition coefficient (Wildman–Crippen LogP) is 3.69. The van der Waals surface area contributed by atoms with Crippen molar-refractivity contribution < 1.29 is 19.0 Å². The predicted molar refractivity (Wildman–Crippen MR) is 87.0 cm³/mol. The first-order valence-corrected chi connectivity index (χ1v) is 7.91. The van der Waals surface area contributed by atoms with Crippen LogP contribution in [0.15, 0.2) is 48.5 Å². The first-order valence-electron chi connectivity index (χ1n) is 7.14. The summed E-state index contributed by atoms with van der Waals surface area (Å²) < 4.78 is 22.7. The Hall–Kier alpha value is -2.80. The van der Waals surface area contributed by atoms with Crippen molar-refractivity contribution in [2.75, 3.05) is 0 Å². The van der Waals surface area contributed by atoms with Crippen molar-refractivity contribution in [2.45, 2.75) is 12.8 Å². The fourth-order valence-electron chi connectivity index (χ4n) is 2.09. The number of aliphatic carboxylic acids is 1. The molecular formula is C17H13FN2O3S. The monoisotopic (exact) mass is 344 g/mol. The Morgan fingerprint density at radius 2 is 1.75 bits per heavy atom. The van der Waals surface area contributed by atoms with Gasteiger partial charge in [0.05, 0.1) is 6.42 Å². The number of aromatic nitrogens is 2. The Bertz CT molecular complexity index is 832. The van der Waals surface area contributed by atoms with Gasteiger partial charge in [-0.25, -0.2) is 4.39 Å². The molecule has 7 heteroatoms. The maximum Gasteiger partial charge on any atom is 0.307 e. The number of hydrogen-bond donors (Lipinski definition) is 1. The van der Waals surface area contributed by atoms with Crippen LogP contribution in [0, 0.1) is 5.82 Å². The van der Waals surface area contributed by atoms with E-state index in [9.17, 15) is 9.18 Å². The maximum absolute atomic E-state index is 12.9. The molecule has 0 saturated heterocycles. The van der Waals surface area contributed by atoms with Crippen molar-refractivity contribution in [3.05, 3.63) is 71.3 Å². The van der Waals surface area contributed by atoms with Gasteiger partial charge in [-0.3, -0.25) is 4.79 Å². The number of carboxylic acids is 1. The summed E-state index contributed by atoms with van der Waals surface area (Å²) in [6.45, 7) is 0. The van der Waals surface area contributed by atoms with Gasteiger partial charge in [-0.05, 0) is 35.4 Å². The van der Waals surface area contributed by atoms with Gasteiger partial charge in [-0.15, -0.1) is 0 Å². The van der Waals surface area contributed by atoms with E-state index in [0.29, 0.717) is 28.8 Å². The minimum atomic E-state index is -0.877. The summed E-state index contributed by atoms with van der Waals surface area (Å²) in [5.41, 5.74) is 1.61. The van der Waals surface area contributed by atoms with Crippen LogP contribution in [-0.4, -0.2) is 20.4 Å². The summed E-state index contributed by atoms with van der Waals surface area (Å²) in [7, 11) is 0. The number of ether oxygens (including phenoxy) is 1. The molecule has 122 valence electrons. The number of nitrogens with zero attached hydrogens (tertiary/aromatic N) is 2. The summed E-state index contributed by atoms with van der Waals surface area (Å²) in [6.07, 6.45) is 0.471. The van der Waals surface area contributed by atoms with E-state index in [-0.39, 0.29) is 12.2 Å². The largest absolute Gasteiger partial charge is 0.481 e. The molecule has 1 aromatic heterocycles. The summed E-state index contributed by atoms with van der Waals surface area (Å²) in [6, 6.07) is 13.0. The van der Waals surface area contributed by atoms with Gasteiger partial charge < -0.3 is 9.84 Å². The summed E-state index contributed by atoms with van der Waals surface area (Å²) >= 11 is 1.13. The molecule has 1 heterocycles. The molecule has 0 aliphatic carbocycles. The van der Waals surface area contributed by atoms with Gasteiger partial charge in [-0.1, -0.05) is 24.3 Å². The highest BCUT2D eigenvalue weighted by molar-refractivity contribution is 7.07. The highest BCUT2D eigenvalue weighted by Crippen LogP contribution is 2.24. The van der Waals surface area contributed by atoms with Crippen LogP contribution in [0.2, 0.25) is 0 Å². The fraction of sp³-hybridized carbons (Fsp3) is 0.118. The van der Waals surface area contributed by atoms with Crippen molar-refractivity contribution in [1.82, 2.24) is 9.36 Å². The van der Waals surface area contributed by atoms with E-state index in [0.717, 1.165) is 17.1 Å². The molecular weight excluding hydrogens is 331 g/mol. The van der Waals surface area contributed by atoms with Gasteiger partial charge in [0.2, 0.25) is 0 Å². The lowest BCUT2D eigenvalue weighted by Gasteiger charge is -2.02. The number of carboxylic acid groups (broad SMARTS) is 1. The third-order valence-electron chi connectivity index (χ3n) is 3.21. The Morgan fingerprint density at radius 3 is 2.42 bits per heavy atom. The van der Waals surface area contributed by atoms with Crippen LogP contribution >= 0.6 is 11.5 Å². The highest BCUT2D eigenvalue weighted by atomic mass is 32.1. The van der Waals surface area contributed by atoms with Crippen molar-refractivity contribution in [3.63, 3.8) is 0 Å². The fourth-order valence-corrected chi connectivity index (χ4v) is 2.66. The van der Waals surface area contributed by atoms with Crippen molar-refractivity contribution in [3.8, 4) is 10.9 Å². The molecule has 1 N–H and O–H groups in total. The number of carbonyl (C=O) groups is 1. The van der Waals surface area contributed by atoms with Crippen LogP contribution in [0.3, 0.4) is 0 Å². The van der Waals surface area contributed by atoms with Crippen LogP contribution in [0.4, 0.5) is 4.39 Å². The van der Waals surface area contributed by atoms with E-state index in [1.165, 1.54) is 12.1 Å². The molecule has 0 aliphatic heterocycles. The molecule has 3 aromatic rings. The van der Waals surface area contributed by atoms with E-state index in [1.54, 1.807) is 36.4 Å². The summed E-state index contributed by atoms with van der Waals surface area (Å²) in [5, 5.41) is 9.14. The number of hydrogen-bond acceptors (Lipinski definition) is 5. The van der Waals surface area contributed by atoms with Gasteiger partial charge in [0.25, 0.3) is 5.19 Å². The zero-order valence-corrected chi connectivity index (χ0v) is 13.3. The molecule has 0 spiro atoms. The maximum atomic E-state index is 12.9. The average Bonchev–Trinajstić information content (AvgIpc) is 2.98. The highest BCUT2D eigenvalue weighted by Gasteiger charge is 2.08. The lowest BCUT2D eigenvalue weighted by molar-refractivity contribution is -0.136. The summed E-state index contributed by atoms with van der Waals surface area (Å²) in [5.74, 6) is 0.0105. The molecule has 0 atom stereocenters. The van der Waals surface area contributed by atoms with Crippen LogP contribution in [0.1, 0.15) is 17.0 Å². The normalized spacial score (nSPS) is 10.5. The van der Waals surface area contributed by atoms with E-state index >= 15 is 0 Å². The molecule has 0 aliphatic rings. The second-order valence-electron chi connectivity index (χ2n) is 5.10. The minimum Gasteiger partial charge on any atom is -0.481 e. The molecule has 2 aromatic carbocycles.